The molecule has 5 aromatic rings. The van der Waals surface area contributed by atoms with E-state index < -0.39 is 0 Å². The number of aliphatic imine (C=N–C) groups is 2. The maximum Gasteiger partial charge on any atom is 0.163 e. The lowest BCUT2D eigenvalue weighted by molar-refractivity contribution is 0.100. The van der Waals surface area contributed by atoms with Crippen LogP contribution in [0.15, 0.2) is 101 Å². The Morgan fingerprint density at radius 3 is 1.65 bits per heavy atom. The Morgan fingerprint density at radius 2 is 1.15 bits per heavy atom. The highest BCUT2D eigenvalue weighted by atomic mass is 16.5. The molecule has 5 rings (SSSR count). The quantitative estimate of drug-likeness (QED) is 0.0448. The van der Waals surface area contributed by atoms with Crippen LogP contribution in [0.5, 0.6) is 23.0 Å². The van der Waals surface area contributed by atoms with Gasteiger partial charge in [-0.05, 0) is 110 Å². The third kappa shape index (κ3) is 14.7. The number of carbonyl (C=O) groups is 2. The highest BCUT2D eigenvalue weighted by molar-refractivity contribution is 6.01. The van der Waals surface area contributed by atoms with Crippen LogP contribution in [0.25, 0.3) is 0 Å². The molecule has 0 spiro atoms. The number of ketones is 2. The van der Waals surface area contributed by atoms with Gasteiger partial charge in [-0.1, -0.05) is 110 Å². The van der Waals surface area contributed by atoms with E-state index in [-0.39, 0.29) is 36.6 Å². The van der Waals surface area contributed by atoms with E-state index in [4.69, 9.17) is 28.9 Å². The van der Waals surface area contributed by atoms with Crippen molar-refractivity contribution in [1.29, 1.82) is 0 Å². The van der Waals surface area contributed by atoms with Crippen LogP contribution >= 0.6 is 0 Å². The number of Topliss-reactive ketones (excluding diaryl/α,β-unsaturated/α-hetero) is 2. The highest BCUT2D eigenvalue weighted by Crippen LogP contribution is 2.38. The van der Waals surface area contributed by atoms with Crippen molar-refractivity contribution in [3.63, 3.8) is 0 Å². The summed E-state index contributed by atoms with van der Waals surface area (Å²) in [7, 11) is 3.11. The van der Waals surface area contributed by atoms with E-state index in [1.54, 1.807) is 44.7 Å². The van der Waals surface area contributed by atoms with Gasteiger partial charge >= 0.3 is 0 Å². The lowest BCUT2D eigenvalue weighted by Gasteiger charge is -2.21. The summed E-state index contributed by atoms with van der Waals surface area (Å²) >= 11 is 0. The average Bonchev–Trinajstić information content (AvgIpc) is 3.33. The topological polar surface area (TPSA) is 109 Å². The lowest BCUT2D eigenvalue weighted by atomic mass is 9.85. The van der Waals surface area contributed by atoms with Crippen molar-refractivity contribution >= 4 is 35.4 Å². The van der Waals surface area contributed by atoms with E-state index in [1.807, 2.05) is 38.4 Å². The van der Waals surface area contributed by atoms with Gasteiger partial charge in [-0.15, -0.1) is 0 Å². The molecule has 0 aliphatic carbocycles. The number of ether oxygens (including phenoxy) is 4. The Morgan fingerprint density at radius 1 is 0.646 bits per heavy atom. The second kappa shape index (κ2) is 26.6. The largest absolute Gasteiger partial charge is 0.493 e. The number of aryl methyl sites for hydroxylation is 2. The van der Waals surface area contributed by atoms with Crippen LogP contribution in [0.3, 0.4) is 0 Å². The van der Waals surface area contributed by atoms with Gasteiger partial charge in [0.15, 0.2) is 34.6 Å². The van der Waals surface area contributed by atoms with Crippen molar-refractivity contribution in [2.75, 3.05) is 14.2 Å². The third-order valence-corrected chi connectivity index (χ3v) is 11.8. The van der Waals surface area contributed by atoms with Crippen molar-refractivity contribution in [1.82, 2.24) is 4.98 Å². The van der Waals surface area contributed by atoms with Crippen LogP contribution in [-0.4, -0.2) is 43.2 Å². The molecular weight excluding hydrogens is 811 g/mol. The molecule has 0 amide bonds. The molecule has 0 N–H and O–H groups in total. The van der Waals surface area contributed by atoms with Gasteiger partial charge in [0.05, 0.1) is 31.3 Å². The molecule has 3 unspecified atom stereocenters. The minimum atomic E-state index is -0.112. The Bertz CT molecular complexity index is 2370. The predicted octanol–water partition coefficient (Wildman–Crippen LogP) is 13.8. The van der Waals surface area contributed by atoms with Gasteiger partial charge in [0.25, 0.3) is 0 Å². The zero-order valence-electron chi connectivity index (χ0n) is 40.7. The highest BCUT2D eigenvalue weighted by Gasteiger charge is 2.20. The number of hydrogen-bond acceptors (Lipinski definition) is 9. The predicted molar refractivity (Wildman–Crippen MR) is 267 cm³/mol. The van der Waals surface area contributed by atoms with Gasteiger partial charge in [0, 0.05) is 47.8 Å². The summed E-state index contributed by atoms with van der Waals surface area (Å²) in [5, 5.41) is 0. The minimum absolute atomic E-state index is 0.107. The normalized spacial score (nSPS) is 12.6. The minimum Gasteiger partial charge on any atom is -0.493 e. The first-order valence-corrected chi connectivity index (χ1v) is 23.4. The van der Waals surface area contributed by atoms with Gasteiger partial charge < -0.3 is 18.9 Å². The number of pyridine rings is 1. The summed E-state index contributed by atoms with van der Waals surface area (Å²) in [5.41, 5.74) is 8.85. The molecule has 0 radical (unpaired) electrons. The molecule has 0 saturated carbocycles. The Labute approximate surface area is 388 Å². The number of carbonyl (C=O) groups excluding carboxylic acids is 2. The van der Waals surface area contributed by atoms with Crippen molar-refractivity contribution < 1.29 is 28.5 Å². The monoisotopic (exact) mass is 882 g/mol. The number of hydrogen-bond donors (Lipinski definition) is 0. The van der Waals surface area contributed by atoms with E-state index in [2.05, 4.69) is 88.1 Å². The van der Waals surface area contributed by atoms with E-state index in [0.29, 0.717) is 57.1 Å². The zero-order valence-corrected chi connectivity index (χ0v) is 40.7. The second-order valence-corrected chi connectivity index (χ2v) is 16.2. The maximum absolute atomic E-state index is 12.9. The Kier molecular flexibility index (Phi) is 21.1. The molecule has 0 aliphatic rings. The number of benzene rings is 4. The molecule has 0 saturated heterocycles. The molecule has 1 heterocycles. The van der Waals surface area contributed by atoms with Crippen LogP contribution in [0.4, 0.5) is 11.4 Å². The fourth-order valence-corrected chi connectivity index (χ4v) is 7.84. The Hall–Kier alpha value is -6.09. The fraction of sp³-hybridized carbons (Fsp3) is 0.411. The molecule has 4 aromatic carbocycles. The number of methoxy groups -OCH3 is 2. The summed E-state index contributed by atoms with van der Waals surface area (Å²) in [5.74, 6) is 2.35. The van der Waals surface area contributed by atoms with Crippen molar-refractivity contribution in [3.05, 3.63) is 136 Å². The molecule has 65 heavy (non-hydrogen) atoms. The standard InChI is InChI=1S/C54H65N3O6.C2H6/c1-10-18-39(25-43-21-16-14-19-41(43)12-3)32-56-49-30-53(51(60-8)28-47(49)37(6)58)62-34-40-23-24-55-46(26-40)35-63-54-31-50(48(38(7)59)29-52(54)61-9)57-33-45(36(5)11-2)27-44-22-17-15-20-42(44)13-4;1-2/h14-17,19-24,26,28-33,36,39,45H,10-13,18,25,27,34-35H2,1-9H3;1-2H3. The Balaban J connectivity index is 0.00000456. The lowest BCUT2D eigenvalue weighted by Crippen LogP contribution is -2.16. The smallest absolute Gasteiger partial charge is 0.163 e. The van der Waals surface area contributed by atoms with Gasteiger partial charge in [-0.25, -0.2) is 0 Å². The van der Waals surface area contributed by atoms with E-state index in [0.717, 1.165) is 50.5 Å². The van der Waals surface area contributed by atoms with Crippen LogP contribution in [0.1, 0.15) is 136 Å². The molecule has 346 valence electrons. The first-order chi connectivity index (χ1) is 31.5. The van der Waals surface area contributed by atoms with E-state index in [9.17, 15) is 9.59 Å². The summed E-state index contributed by atoms with van der Waals surface area (Å²) in [6, 6.07) is 27.9. The van der Waals surface area contributed by atoms with Crippen molar-refractivity contribution in [3.8, 4) is 23.0 Å². The van der Waals surface area contributed by atoms with Gasteiger partial charge in [-0.3, -0.25) is 24.6 Å². The molecule has 0 bridgehead atoms. The van der Waals surface area contributed by atoms with Crippen LogP contribution in [-0.2, 0) is 38.9 Å². The average molecular weight is 882 g/mol. The van der Waals surface area contributed by atoms with Crippen LogP contribution in [0.2, 0.25) is 0 Å². The van der Waals surface area contributed by atoms with Crippen LogP contribution in [0, 0.1) is 17.8 Å². The fourth-order valence-electron chi connectivity index (χ4n) is 7.84. The molecule has 0 aliphatic heterocycles. The summed E-state index contributed by atoms with van der Waals surface area (Å²) in [4.78, 5) is 40.1. The molecule has 9 nitrogen and oxygen atoms in total. The van der Waals surface area contributed by atoms with Gasteiger partial charge in [-0.2, -0.15) is 0 Å². The van der Waals surface area contributed by atoms with Gasteiger partial charge in [0.2, 0.25) is 0 Å². The first kappa shape index (κ1) is 51.5. The maximum atomic E-state index is 12.9. The third-order valence-electron chi connectivity index (χ3n) is 11.8. The number of nitrogens with zero attached hydrogens (tertiary/aromatic N) is 3. The first-order valence-electron chi connectivity index (χ1n) is 23.4. The van der Waals surface area contributed by atoms with Gasteiger partial charge in [0.1, 0.15) is 13.2 Å². The van der Waals surface area contributed by atoms with Crippen LogP contribution < -0.4 is 18.9 Å². The molecule has 9 heteroatoms. The number of aromatic nitrogens is 1. The van der Waals surface area contributed by atoms with Crippen molar-refractivity contribution in [2.45, 2.75) is 120 Å². The van der Waals surface area contributed by atoms with E-state index in [1.165, 1.54) is 36.1 Å². The molecular formula is C56H71N3O6. The summed E-state index contributed by atoms with van der Waals surface area (Å²) < 4.78 is 24.1. The molecule has 3 atom stereocenters. The van der Waals surface area contributed by atoms with Crippen molar-refractivity contribution in [2.24, 2.45) is 27.7 Å². The molecule has 0 fully saturated rings. The zero-order chi connectivity index (χ0) is 47.3. The molecule has 1 aromatic heterocycles. The van der Waals surface area contributed by atoms with E-state index >= 15 is 0 Å². The second-order valence-electron chi connectivity index (χ2n) is 16.2. The SMILES string of the molecule is CC.CCCC(C=Nc1cc(OCc2ccnc(COc3cc(N=CC(Cc4ccccc4CC)C(C)CC)c(C(C)=O)cc3OC)c2)c(OC)cc1C(C)=O)Cc1ccccc1CC. The summed E-state index contributed by atoms with van der Waals surface area (Å²) in [6.07, 6.45) is 12.4. The summed E-state index contributed by atoms with van der Waals surface area (Å²) in [6.45, 7) is 18.4. The number of rotatable bonds is 24.